The molecule has 0 bridgehead atoms. The third-order valence-electron chi connectivity index (χ3n) is 7.96. The number of halogens is 3. The van der Waals surface area contributed by atoms with E-state index in [1.54, 1.807) is 24.3 Å². The molecule has 2 aliphatic heterocycles. The Bertz CT molecular complexity index is 1890. The standard InChI is InChI=1S/C32H27F3N4O5S2/c1-37(2)18-10-8-17(9-11-18)24-25-26(29(42)39(28(25)41)19-12-14-20(44-3)15-13-19)45-30-27(24)46-31(43)38(30)16-23(40)36-22-7-5-4-6-21(22)32(33,34)35/h4-15,24-26H,16H2,1-3H3,(H,36,40). The number of thiazole rings is 1. The van der Waals surface area contributed by atoms with E-state index < -0.39 is 63.7 Å². The van der Waals surface area contributed by atoms with E-state index in [9.17, 15) is 32.3 Å². The molecule has 3 aromatic carbocycles. The lowest BCUT2D eigenvalue weighted by Gasteiger charge is -2.31. The zero-order valence-corrected chi connectivity index (χ0v) is 26.3. The molecule has 1 aromatic heterocycles. The Kier molecular flexibility index (Phi) is 8.19. The molecule has 1 saturated heterocycles. The van der Waals surface area contributed by atoms with Crippen LogP contribution < -0.4 is 24.7 Å². The van der Waals surface area contributed by atoms with Gasteiger partial charge in [0.05, 0.1) is 35.0 Å². The van der Waals surface area contributed by atoms with Crippen molar-refractivity contribution in [3.8, 4) is 5.75 Å². The number of benzene rings is 3. The van der Waals surface area contributed by atoms with Crippen LogP contribution in [0.5, 0.6) is 5.75 Å². The lowest BCUT2D eigenvalue weighted by atomic mass is 9.83. The van der Waals surface area contributed by atoms with Gasteiger partial charge in [0, 0.05) is 30.6 Å². The summed E-state index contributed by atoms with van der Waals surface area (Å²) in [5.41, 5.74) is 0.527. The fourth-order valence-corrected chi connectivity index (χ4v) is 8.53. The SMILES string of the molecule is COc1ccc(N2C(=O)C3Sc4c(sc(=O)n4CC(=O)Nc4ccccc4C(F)(F)F)C(c4ccc(N(C)C)cc4)C3C2=O)cc1. The Hall–Kier alpha value is -4.56. The van der Waals surface area contributed by atoms with Gasteiger partial charge >= 0.3 is 11.0 Å². The number of hydrogen-bond acceptors (Lipinski definition) is 8. The van der Waals surface area contributed by atoms with E-state index in [-0.39, 0.29) is 0 Å². The Morgan fingerprint density at radius 3 is 2.26 bits per heavy atom. The number of hydrogen-bond donors (Lipinski definition) is 1. The van der Waals surface area contributed by atoms with Crippen molar-refractivity contribution in [1.82, 2.24) is 4.57 Å². The van der Waals surface area contributed by atoms with Gasteiger partial charge in [-0.3, -0.25) is 23.7 Å². The van der Waals surface area contributed by atoms with E-state index in [4.69, 9.17) is 4.74 Å². The minimum absolute atomic E-state index is 0.329. The molecule has 0 radical (unpaired) electrons. The Morgan fingerprint density at radius 1 is 0.957 bits per heavy atom. The van der Waals surface area contributed by atoms with Gasteiger partial charge in [0.15, 0.2) is 0 Å². The highest BCUT2D eigenvalue weighted by Gasteiger charge is 2.56. The van der Waals surface area contributed by atoms with E-state index in [0.29, 0.717) is 26.9 Å². The molecule has 0 spiro atoms. The van der Waals surface area contributed by atoms with E-state index in [1.807, 2.05) is 43.3 Å². The Morgan fingerprint density at radius 2 is 1.63 bits per heavy atom. The van der Waals surface area contributed by atoms with Gasteiger partial charge in [-0.15, -0.1) is 0 Å². The lowest BCUT2D eigenvalue weighted by Crippen LogP contribution is -2.33. The smallest absolute Gasteiger partial charge is 0.418 e. The molecule has 3 unspecified atom stereocenters. The minimum atomic E-state index is -4.70. The number of ether oxygens (including phenoxy) is 1. The molecule has 1 fully saturated rings. The first-order chi connectivity index (χ1) is 21.9. The minimum Gasteiger partial charge on any atom is -0.497 e. The second-order valence-electron chi connectivity index (χ2n) is 11.0. The number of para-hydroxylation sites is 1. The first-order valence-electron chi connectivity index (χ1n) is 14.0. The quantitative estimate of drug-likeness (QED) is 0.262. The number of nitrogens with zero attached hydrogens (tertiary/aromatic N) is 3. The van der Waals surface area contributed by atoms with Crippen molar-refractivity contribution in [2.75, 3.05) is 36.3 Å². The van der Waals surface area contributed by atoms with Crippen molar-refractivity contribution in [2.45, 2.75) is 28.9 Å². The molecule has 3 amide bonds. The molecule has 6 rings (SSSR count). The number of carbonyl (C=O) groups excluding carboxylic acids is 3. The van der Waals surface area contributed by atoms with Crippen LogP contribution in [0.4, 0.5) is 30.2 Å². The molecule has 9 nitrogen and oxygen atoms in total. The summed E-state index contributed by atoms with van der Waals surface area (Å²) >= 11 is 1.88. The fraction of sp³-hybridized carbons (Fsp3) is 0.250. The van der Waals surface area contributed by atoms with Gasteiger partial charge in [-0.1, -0.05) is 47.4 Å². The normalized spacial score (nSPS) is 19.1. The molecule has 238 valence electrons. The van der Waals surface area contributed by atoms with Crippen molar-refractivity contribution < 1.29 is 32.3 Å². The van der Waals surface area contributed by atoms with Crippen LogP contribution in [0.25, 0.3) is 0 Å². The largest absolute Gasteiger partial charge is 0.497 e. The number of methoxy groups -OCH3 is 1. The summed E-state index contributed by atoms with van der Waals surface area (Å²) in [6.07, 6.45) is -4.70. The molecular weight excluding hydrogens is 642 g/mol. The van der Waals surface area contributed by atoms with Crippen LogP contribution in [-0.4, -0.2) is 48.7 Å². The van der Waals surface area contributed by atoms with Crippen LogP contribution in [0, 0.1) is 5.92 Å². The summed E-state index contributed by atoms with van der Waals surface area (Å²) in [7, 11) is 5.28. The lowest BCUT2D eigenvalue weighted by molar-refractivity contribution is -0.137. The highest BCUT2D eigenvalue weighted by molar-refractivity contribution is 8.00. The fourth-order valence-electron chi connectivity index (χ4n) is 5.75. The van der Waals surface area contributed by atoms with Gasteiger partial charge in [-0.2, -0.15) is 13.2 Å². The molecule has 1 N–H and O–H groups in total. The van der Waals surface area contributed by atoms with Crippen LogP contribution in [0.1, 0.15) is 21.9 Å². The summed E-state index contributed by atoms with van der Waals surface area (Å²) in [6.45, 7) is -0.585. The summed E-state index contributed by atoms with van der Waals surface area (Å²) in [4.78, 5) is 57.5. The van der Waals surface area contributed by atoms with Crippen LogP contribution in [0.3, 0.4) is 0 Å². The Labute approximate surface area is 269 Å². The number of nitrogens with one attached hydrogen (secondary N) is 1. The van der Waals surface area contributed by atoms with Crippen LogP contribution >= 0.6 is 23.1 Å². The molecule has 3 heterocycles. The number of alkyl halides is 3. The molecule has 46 heavy (non-hydrogen) atoms. The summed E-state index contributed by atoms with van der Waals surface area (Å²) < 4.78 is 47.0. The van der Waals surface area contributed by atoms with Gasteiger partial charge in [0.2, 0.25) is 17.7 Å². The summed E-state index contributed by atoms with van der Waals surface area (Å²) in [5, 5.41) is 1.69. The number of imide groups is 1. The molecule has 0 saturated carbocycles. The molecule has 14 heteroatoms. The van der Waals surface area contributed by atoms with Crippen LogP contribution in [0.15, 0.2) is 82.6 Å². The van der Waals surface area contributed by atoms with E-state index in [0.717, 1.165) is 45.8 Å². The number of fused-ring (bicyclic) bond motifs is 2. The number of aromatic nitrogens is 1. The van der Waals surface area contributed by atoms with E-state index >= 15 is 0 Å². The zero-order chi connectivity index (χ0) is 32.9. The second kappa shape index (κ2) is 12.0. The Balaban J connectivity index is 1.40. The third kappa shape index (κ3) is 5.55. The van der Waals surface area contributed by atoms with Crippen molar-refractivity contribution in [3.05, 3.63) is 98.5 Å². The highest BCUT2D eigenvalue weighted by atomic mass is 32.2. The van der Waals surface area contributed by atoms with Crippen molar-refractivity contribution in [1.29, 1.82) is 0 Å². The van der Waals surface area contributed by atoms with Gasteiger partial charge < -0.3 is 15.0 Å². The average molecular weight is 669 g/mol. The number of carbonyl (C=O) groups is 3. The first-order valence-corrected chi connectivity index (χ1v) is 15.7. The van der Waals surface area contributed by atoms with Crippen LogP contribution in [0.2, 0.25) is 0 Å². The molecule has 4 aromatic rings. The summed E-state index contributed by atoms with van der Waals surface area (Å²) in [6, 6.07) is 18.5. The second-order valence-corrected chi connectivity index (χ2v) is 13.1. The number of anilines is 3. The monoisotopic (exact) mass is 668 g/mol. The van der Waals surface area contributed by atoms with E-state index in [2.05, 4.69) is 5.32 Å². The maximum Gasteiger partial charge on any atom is 0.418 e. The average Bonchev–Trinajstić information content (AvgIpc) is 3.47. The predicted molar refractivity (Wildman–Crippen MR) is 170 cm³/mol. The number of thioether (sulfide) groups is 1. The first kappa shape index (κ1) is 31.4. The topological polar surface area (TPSA) is 101 Å². The van der Waals surface area contributed by atoms with Gasteiger partial charge in [0.25, 0.3) is 0 Å². The molecule has 0 aliphatic carbocycles. The number of rotatable bonds is 7. The highest BCUT2D eigenvalue weighted by Crippen LogP contribution is 2.54. The maximum absolute atomic E-state index is 14.1. The van der Waals surface area contributed by atoms with E-state index in [1.165, 1.54) is 23.8 Å². The van der Waals surface area contributed by atoms with Crippen LogP contribution in [-0.2, 0) is 27.1 Å². The van der Waals surface area contributed by atoms with Gasteiger partial charge in [-0.25, -0.2) is 4.90 Å². The van der Waals surface area contributed by atoms with Gasteiger partial charge in [-0.05, 0) is 54.1 Å². The summed E-state index contributed by atoms with van der Waals surface area (Å²) in [5.74, 6) is -2.73. The third-order valence-corrected chi connectivity index (χ3v) is 10.6. The zero-order valence-electron chi connectivity index (χ0n) is 24.7. The van der Waals surface area contributed by atoms with Crippen molar-refractivity contribution in [3.63, 3.8) is 0 Å². The van der Waals surface area contributed by atoms with Crippen molar-refractivity contribution >= 4 is 57.9 Å². The molecular formula is C32H27F3N4O5S2. The molecule has 2 aliphatic rings. The predicted octanol–water partition coefficient (Wildman–Crippen LogP) is 5.44. The molecule has 3 atom stereocenters. The maximum atomic E-state index is 14.1. The number of amides is 3. The van der Waals surface area contributed by atoms with Gasteiger partial charge in [0.1, 0.15) is 17.5 Å². The van der Waals surface area contributed by atoms with Crippen molar-refractivity contribution in [2.24, 2.45) is 5.92 Å².